The Balaban J connectivity index is 1.81. The number of hydrogen-bond donors (Lipinski definition) is 1. The van der Waals surface area contributed by atoms with E-state index in [2.05, 4.69) is 5.32 Å². The van der Waals surface area contributed by atoms with Gasteiger partial charge in [0.2, 0.25) is 11.8 Å². The van der Waals surface area contributed by atoms with Crippen LogP contribution < -0.4 is 9.62 Å². The van der Waals surface area contributed by atoms with Crippen LogP contribution in [0.1, 0.15) is 30.9 Å². The minimum Gasteiger partial charge on any atom is -0.354 e. The lowest BCUT2D eigenvalue weighted by atomic mass is 10.0. The lowest BCUT2D eigenvalue weighted by Crippen LogP contribution is -2.53. The van der Waals surface area contributed by atoms with Gasteiger partial charge in [-0.1, -0.05) is 115 Å². The number of halogens is 3. The van der Waals surface area contributed by atoms with Crippen molar-refractivity contribution < 1.29 is 18.0 Å². The molecule has 0 saturated carbocycles. The summed E-state index contributed by atoms with van der Waals surface area (Å²) >= 11 is 19.1. The van der Waals surface area contributed by atoms with Crippen molar-refractivity contribution in [3.05, 3.63) is 129 Å². The summed E-state index contributed by atoms with van der Waals surface area (Å²) in [4.78, 5) is 29.7. The Bertz CT molecular complexity index is 1690. The van der Waals surface area contributed by atoms with Crippen molar-refractivity contribution in [3.8, 4) is 0 Å². The third kappa shape index (κ3) is 9.23. The fourth-order valence-electron chi connectivity index (χ4n) is 4.80. The second-order valence-corrected chi connectivity index (χ2v) is 13.6. The molecule has 1 N–H and O–H groups in total. The second-order valence-electron chi connectivity index (χ2n) is 10.4. The third-order valence-electron chi connectivity index (χ3n) is 7.14. The molecule has 0 heterocycles. The van der Waals surface area contributed by atoms with Gasteiger partial charge < -0.3 is 10.2 Å². The molecule has 0 saturated heterocycles. The van der Waals surface area contributed by atoms with E-state index in [0.29, 0.717) is 17.1 Å². The quantitative estimate of drug-likeness (QED) is 0.140. The van der Waals surface area contributed by atoms with Gasteiger partial charge in [-0.3, -0.25) is 13.9 Å². The monoisotopic (exact) mass is 685 g/mol. The Morgan fingerprint density at radius 1 is 0.822 bits per heavy atom. The molecule has 0 fully saturated rings. The maximum absolute atomic E-state index is 14.5. The van der Waals surface area contributed by atoms with E-state index in [4.69, 9.17) is 34.8 Å². The molecule has 0 unspecified atom stereocenters. The van der Waals surface area contributed by atoms with Crippen molar-refractivity contribution in [1.29, 1.82) is 0 Å². The predicted octanol–water partition coefficient (Wildman–Crippen LogP) is 7.40. The number of nitrogens with one attached hydrogen (secondary N) is 1. The van der Waals surface area contributed by atoms with Crippen LogP contribution >= 0.6 is 34.8 Å². The van der Waals surface area contributed by atoms with Gasteiger partial charge in [0, 0.05) is 34.6 Å². The lowest BCUT2D eigenvalue weighted by molar-refractivity contribution is -0.140. The molecule has 0 aliphatic rings. The van der Waals surface area contributed by atoms with E-state index in [1.54, 1.807) is 42.5 Å². The molecule has 4 aromatic carbocycles. The number of carbonyl (C=O) groups excluding carboxylic acids is 2. The van der Waals surface area contributed by atoms with E-state index in [9.17, 15) is 18.0 Å². The Kier molecular flexibility index (Phi) is 12.3. The first-order valence-corrected chi connectivity index (χ1v) is 17.1. The summed E-state index contributed by atoms with van der Waals surface area (Å²) in [6.45, 7) is 1.79. The van der Waals surface area contributed by atoms with E-state index >= 15 is 0 Å². The fraction of sp³-hybridized carbons (Fsp3) is 0.235. The van der Waals surface area contributed by atoms with E-state index in [1.807, 2.05) is 37.3 Å². The van der Waals surface area contributed by atoms with Crippen LogP contribution in [0.4, 0.5) is 5.69 Å². The molecule has 236 valence electrons. The number of sulfonamides is 1. The van der Waals surface area contributed by atoms with Crippen molar-refractivity contribution in [2.75, 3.05) is 17.4 Å². The molecular formula is C34H34Cl3N3O4S. The highest BCUT2D eigenvalue weighted by Crippen LogP contribution is 2.30. The number of anilines is 1. The predicted molar refractivity (Wildman–Crippen MR) is 181 cm³/mol. The average Bonchev–Trinajstić information content (AvgIpc) is 3.02. The third-order valence-corrected chi connectivity index (χ3v) is 9.74. The molecular weight excluding hydrogens is 653 g/mol. The van der Waals surface area contributed by atoms with Gasteiger partial charge >= 0.3 is 0 Å². The standard InChI is InChI=1S/C34H34Cl3N3O4S/c1-2-3-18-38-34(42)32(19-25-12-6-4-7-13-25)39(23-26-14-10-11-17-31(26)37)33(41)24-40(29-21-27(35)20-28(36)22-29)45(43,44)30-15-8-5-9-16-30/h4-17,20-22,32H,2-3,18-19,23-24H2,1H3,(H,38,42)/t32-/m0/s1. The molecule has 0 aliphatic heterocycles. The first-order valence-electron chi connectivity index (χ1n) is 14.5. The molecule has 0 bridgehead atoms. The van der Waals surface area contributed by atoms with Crippen molar-refractivity contribution >= 4 is 62.3 Å². The molecule has 0 spiro atoms. The van der Waals surface area contributed by atoms with Crippen molar-refractivity contribution in [2.45, 2.75) is 43.7 Å². The van der Waals surface area contributed by atoms with Gasteiger partial charge in [-0.25, -0.2) is 8.42 Å². The molecule has 11 heteroatoms. The maximum atomic E-state index is 14.5. The van der Waals surface area contributed by atoms with Gasteiger partial charge in [0.05, 0.1) is 10.6 Å². The Hall–Kier alpha value is -3.56. The van der Waals surface area contributed by atoms with E-state index < -0.39 is 28.5 Å². The minimum atomic E-state index is -4.28. The van der Waals surface area contributed by atoms with Gasteiger partial charge in [0.1, 0.15) is 12.6 Å². The SMILES string of the molecule is CCCCNC(=O)[C@H](Cc1ccccc1)N(Cc1ccccc1Cl)C(=O)CN(c1cc(Cl)cc(Cl)c1)S(=O)(=O)c1ccccc1. The molecule has 0 aliphatic carbocycles. The summed E-state index contributed by atoms with van der Waals surface area (Å²) in [5.74, 6) is -0.965. The van der Waals surface area contributed by atoms with Gasteiger partial charge in [0.25, 0.3) is 10.0 Å². The molecule has 4 rings (SSSR count). The Morgan fingerprint density at radius 2 is 1.42 bits per heavy atom. The van der Waals surface area contributed by atoms with E-state index in [0.717, 1.165) is 22.7 Å². The van der Waals surface area contributed by atoms with Crippen LogP contribution in [0.2, 0.25) is 15.1 Å². The zero-order valence-electron chi connectivity index (χ0n) is 24.7. The first-order chi connectivity index (χ1) is 21.6. The lowest BCUT2D eigenvalue weighted by Gasteiger charge is -2.34. The van der Waals surface area contributed by atoms with Crippen LogP contribution in [0.5, 0.6) is 0 Å². The van der Waals surface area contributed by atoms with Crippen LogP contribution in [0.25, 0.3) is 0 Å². The number of carbonyl (C=O) groups is 2. The number of unbranched alkanes of at least 4 members (excludes halogenated alkanes) is 1. The van der Waals surface area contributed by atoms with Gasteiger partial charge in [-0.2, -0.15) is 0 Å². The van der Waals surface area contributed by atoms with Gasteiger partial charge in [-0.05, 0) is 53.9 Å². The highest BCUT2D eigenvalue weighted by atomic mass is 35.5. The second kappa shape index (κ2) is 16.1. The Labute approximate surface area is 279 Å². The molecule has 45 heavy (non-hydrogen) atoms. The van der Waals surface area contributed by atoms with E-state index in [-0.39, 0.29) is 39.5 Å². The highest BCUT2D eigenvalue weighted by Gasteiger charge is 2.35. The summed E-state index contributed by atoms with van der Waals surface area (Å²) < 4.78 is 29.1. The Morgan fingerprint density at radius 3 is 2.04 bits per heavy atom. The summed E-state index contributed by atoms with van der Waals surface area (Å²) in [7, 11) is -4.28. The molecule has 0 radical (unpaired) electrons. The summed E-state index contributed by atoms with van der Waals surface area (Å²) in [6.07, 6.45) is 1.84. The number of nitrogens with zero attached hydrogens (tertiary/aromatic N) is 2. The zero-order chi connectivity index (χ0) is 32.4. The summed E-state index contributed by atoms with van der Waals surface area (Å²) in [5.41, 5.74) is 1.55. The first kappa shape index (κ1) is 34.3. The highest BCUT2D eigenvalue weighted by molar-refractivity contribution is 7.92. The van der Waals surface area contributed by atoms with Crippen LogP contribution in [0.3, 0.4) is 0 Å². The number of benzene rings is 4. The van der Waals surface area contributed by atoms with E-state index in [1.165, 1.54) is 35.2 Å². The average molecular weight is 687 g/mol. The number of amides is 2. The van der Waals surface area contributed by atoms with Crippen molar-refractivity contribution in [3.63, 3.8) is 0 Å². The zero-order valence-corrected chi connectivity index (χ0v) is 27.8. The van der Waals surface area contributed by atoms with Gasteiger partial charge in [0.15, 0.2) is 0 Å². The summed E-state index contributed by atoms with van der Waals surface area (Å²) in [6, 6.07) is 27.5. The largest absolute Gasteiger partial charge is 0.354 e. The normalized spacial score (nSPS) is 11.9. The minimum absolute atomic E-state index is 0.0234. The summed E-state index contributed by atoms with van der Waals surface area (Å²) in [5, 5.41) is 3.77. The molecule has 0 aromatic heterocycles. The van der Waals surface area contributed by atoms with Crippen molar-refractivity contribution in [2.24, 2.45) is 0 Å². The smallest absolute Gasteiger partial charge is 0.264 e. The van der Waals surface area contributed by atoms with Crippen LogP contribution in [-0.2, 0) is 32.6 Å². The molecule has 2 amide bonds. The number of rotatable bonds is 14. The maximum Gasteiger partial charge on any atom is 0.264 e. The number of hydrogen-bond acceptors (Lipinski definition) is 4. The topological polar surface area (TPSA) is 86.8 Å². The van der Waals surface area contributed by atoms with Crippen LogP contribution in [0.15, 0.2) is 108 Å². The van der Waals surface area contributed by atoms with Crippen LogP contribution in [0, 0.1) is 0 Å². The molecule has 4 aromatic rings. The van der Waals surface area contributed by atoms with Crippen LogP contribution in [-0.4, -0.2) is 44.3 Å². The molecule has 1 atom stereocenters. The van der Waals surface area contributed by atoms with Gasteiger partial charge in [-0.15, -0.1) is 0 Å². The molecule has 7 nitrogen and oxygen atoms in total. The fourth-order valence-corrected chi connectivity index (χ4v) is 6.93. The van der Waals surface area contributed by atoms with Crippen molar-refractivity contribution in [1.82, 2.24) is 10.2 Å².